The van der Waals surface area contributed by atoms with Gasteiger partial charge in [-0.15, -0.1) is 0 Å². The Kier molecular flexibility index (Phi) is 3.57. The minimum Gasteiger partial charge on any atom is -0.289 e. The molecule has 1 heterocycles. The fourth-order valence-corrected chi connectivity index (χ4v) is 1.80. The molecule has 0 fully saturated rings. The highest BCUT2D eigenvalue weighted by molar-refractivity contribution is 6.10. The van der Waals surface area contributed by atoms with Crippen molar-refractivity contribution in [2.75, 3.05) is 0 Å². The second kappa shape index (κ2) is 5.03. The Labute approximate surface area is 112 Å². The van der Waals surface area contributed by atoms with Crippen molar-refractivity contribution in [2.45, 2.75) is 13.1 Å². The van der Waals surface area contributed by atoms with Gasteiger partial charge in [0.15, 0.2) is 5.78 Å². The van der Waals surface area contributed by atoms with Crippen LogP contribution in [0.25, 0.3) is 0 Å². The number of halogens is 4. The first-order valence-corrected chi connectivity index (χ1v) is 5.63. The predicted molar refractivity (Wildman–Crippen MR) is 63.8 cm³/mol. The summed E-state index contributed by atoms with van der Waals surface area (Å²) in [5.74, 6) is -1.80. The van der Waals surface area contributed by atoms with E-state index in [0.717, 1.165) is 0 Å². The van der Waals surface area contributed by atoms with Crippen molar-refractivity contribution in [1.82, 2.24) is 4.98 Å². The minimum absolute atomic E-state index is 0.0172. The van der Waals surface area contributed by atoms with Crippen molar-refractivity contribution in [3.63, 3.8) is 0 Å². The maximum atomic E-state index is 13.2. The number of carbonyl (C=O) groups excluding carboxylic acids is 1. The van der Waals surface area contributed by atoms with Crippen molar-refractivity contribution in [2.24, 2.45) is 0 Å². The molecule has 0 saturated carbocycles. The normalized spacial score (nSPS) is 11.4. The molecule has 2 aromatic rings. The van der Waals surface area contributed by atoms with Crippen molar-refractivity contribution in [3.8, 4) is 0 Å². The monoisotopic (exact) mass is 283 g/mol. The average Bonchev–Trinajstić information content (AvgIpc) is 2.37. The molecule has 1 aromatic heterocycles. The third-order valence-corrected chi connectivity index (χ3v) is 2.82. The molecule has 1 aromatic carbocycles. The van der Waals surface area contributed by atoms with E-state index in [4.69, 9.17) is 0 Å². The molecule has 20 heavy (non-hydrogen) atoms. The van der Waals surface area contributed by atoms with Gasteiger partial charge in [-0.1, -0.05) is 0 Å². The molecule has 0 amide bonds. The molecular formula is C14H9F4NO. The van der Waals surface area contributed by atoms with Gasteiger partial charge >= 0.3 is 6.18 Å². The second-order valence-electron chi connectivity index (χ2n) is 4.21. The topological polar surface area (TPSA) is 30.0 Å². The Morgan fingerprint density at radius 2 is 1.85 bits per heavy atom. The summed E-state index contributed by atoms with van der Waals surface area (Å²) in [6.45, 7) is 1.57. The zero-order valence-corrected chi connectivity index (χ0v) is 10.3. The van der Waals surface area contributed by atoms with Gasteiger partial charge in [0.2, 0.25) is 0 Å². The average molecular weight is 283 g/mol. The molecule has 0 unspecified atom stereocenters. The molecule has 0 N–H and O–H groups in total. The Balaban J connectivity index is 2.61. The van der Waals surface area contributed by atoms with E-state index in [2.05, 4.69) is 4.98 Å². The zero-order chi connectivity index (χ0) is 14.9. The lowest BCUT2D eigenvalue weighted by Gasteiger charge is -2.12. The molecule has 0 bridgehead atoms. The van der Waals surface area contributed by atoms with Crippen molar-refractivity contribution in [3.05, 3.63) is 64.7 Å². The summed E-state index contributed by atoms with van der Waals surface area (Å²) in [7, 11) is 0. The number of carbonyl (C=O) groups is 1. The first kappa shape index (κ1) is 14.2. The van der Waals surface area contributed by atoms with Crippen molar-refractivity contribution in [1.29, 1.82) is 0 Å². The molecule has 104 valence electrons. The van der Waals surface area contributed by atoms with E-state index < -0.39 is 28.9 Å². The third kappa shape index (κ3) is 2.68. The summed E-state index contributed by atoms with van der Waals surface area (Å²) in [5.41, 5.74) is -1.38. The Morgan fingerprint density at radius 3 is 2.45 bits per heavy atom. The van der Waals surface area contributed by atoms with Gasteiger partial charge in [0.1, 0.15) is 5.82 Å². The highest BCUT2D eigenvalue weighted by atomic mass is 19.4. The zero-order valence-electron chi connectivity index (χ0n) is 10.3. The Bertz CT molecular complexity index is 664. The van der Waals surface area contributed by atoms with Crippen LogP contribution in [0.4, 0.5) is 17.6 Å². The molecule has 0 atom stereocenters. The summed E-state index contributed by atoms with van der Waals surface area (Å²) >= 11 is 0. The Morgan fingerprint density at radius 1 is 1.15 bits per heavy atom. The second-order valence-corrected chi connectivity index (χ2v) is 4.21. The standard InChI is InChI=1S/C14H9F4NO/c1-8-4-5-19-7-11(8)13(20)10-6-9(15)2-3-12(10)14(16,17)18/h2-7H,1H3. The number of alkyl halides is 3. The molecular weight excluding hydrogens is 274 g/mol. The maximum Gasteiger partial charge on any atom is 0.417 e. The fraction of sp³-hybridized carbons (Fsp3) is 0.143. The van der Waals surface area contributed by atoms with Crippen molar-refractivity contribution >= 4 is 5.78 Å². The molecule has 0 aliphatic carbocycles. The van der Waals surface area contributed by atoms with E-state index in [1.807, 2.05) is 0 Å². The SMILES string of the molecule is Cc1ccncc1C(=O)c1cc(F)ccc1C(F)(F)F. The Hall–Kier alpha value is -2.24. The van der Waals surface area contributed by atoms with E-state index in [-0.39, 0.29) is 5.56 Å². The van der Waals surface area contributed by atoms with Gasteiger partial charge in [-0.05, 0) is 36.8 Å². The highest BCUT2D eigenvalue weighted by Crippen LogP contribution is 2.33. The van der Waals surface area contributed by atoms with E-state index >= 15 is 0 Å². The lowest BCUT2D eigenvalue weighted by Crippen LogP contribution is -2.15. The summed E-state index contributed by atoms with van der Waals surface area (Å²) < 4.78 is 51.8. The first-order chi connectivity index (χ1) is 9.30. The highest BCUT2D eigenvalue weighted by Gasteiger charge is 2.35. The van der Waals surface area contributed by atoms with Crippen LogP contribution in [0.1, 0.15) is 27.0 Å². The molecule has 2 rings (SSSR count). The molecule has 0 aliphatic heterocycles. The third-order valence-electron chi connectivity index (χ3n) is 2.82. The van der Waals surface area contributed by atoms with Gasteiger partial charge < -0.3 is 0 Å². The number of hydrogen-bond donors (Lipinski definition) is 0. The number of aryl methyl sites for hydroxylation is 1. The van der Waals surface area contributed by atoms with Gasteiger partial charge in [-0.3, -0.25) is 9.78 Å². The van der Waals surface area contributed by atoms with Crippen LogP contribution in [0.15, 0.2) is 36.7 Å². The fourth-order valence-electron chi connectivity index (χ4n) is 1.80. The van der Waals surface area contributed by atoms with Crippen LogP contribution >= 0.6 is 0 Å². The van der Waals surface area contributed by atoms with Crippen LogP contribution in [0, 0.1) is 12.7 Å². The van der Waals surface area contributed by atoms with E-state index in [1.54, 1.807) is 6.92 Å². The summed E-state index contributed by atoms with van der Waals surface area (Å²) in [6.07, 6.45) is -2.14. The lowest BCUT2D eigenvalue weighted by molar-refractivity contribution is -0.137. The largest absolute Gasteiger partial charge is 0.417 e. The maximum absolute atomic E-state index is 13.2. The van der Waals surface area contributed by atoms with Gasteiger partial charge in [0, 0.05) is 23.5 Å². The molecule has 0 radical (unpaired) electrons. The number of pyridine rings is 1. The molecule has 0 aliphatic rings. The van der Waals surface area contributed by atoms with Gasteiger partial charge in [0.05, 0.1) is 5.56 Å². The molecule has 0 spiro atoms. The molecule has 0 saturated heterocycles. The number of rotatable bonds is 2. The number of nitrogens with zero attached hydrogens (tertiary/aromatic N) is 1. The van der Waals surface area contributed by atoms with E-state index in [0.29, 0.717) is 23.8 Å². The van der Waals surface area contributed by atoms with Crippen LogP contribution in [-0.2, 0) is 6.18 Å². The number of ketones is 1. The number of hydrogen-bond acceptors (Lipinski definition) is 2. The number of benzene rings is 1. The first-order valence-electron chi connectivity index (χ1n) is 5.63. The molecule has 6 heteroatoms. The quantitative estimate of drug-likeness (QED) is 0.620. The van der Waals surface area contributed by atoms with Crippen LogP contribution < -0.4 is 0 Å². The molecule has 2 nitrogen and oxygen atoms in total. The van der Waals surface area contributed by atoms with Gasteiger partial charge in [0.25, 0.3) is 0 Å². The van der Waals surface area contributed by atoms with Crippen LogP contribution in [-0.4, -0.2) is 10.8 Å². The van der Waals surface area contributed by atoms with Crippen LogP contribution in [0.5, 0.6) is 0 Å². The van der Waals surface area contributed by atoms with Crippen molar-refractivity contribution < 1.29 is 22.4 Å². The smallest absolute Gasteiger partial charge is 0.289 e. The van der Waals surface area contributed by atoms with Gasteiger partial charge in [-0.2, -0.15) is 13.2 Å². The minimum atomic E-state index is -4.73. The van der Waals surface area contributed by atoms with Gasteiger partial charge in [-0.25, -0.2) is 4.39 Å². The van der Waals surface area contributed by atoms with Crippen LogP contribution in [0.3, 0.4) is 0 Å². The van der Waals surface area contributed by atoms with E-state index in [9.17, 15) is 22.4 Å². The summed E-state index contributed by atoms with van der Waals surface area (Å²) in [6, 6.07) is 3.33. The number of aromatic nitrogens is 1. The van der Waals surface area contributed by atoms with E-state index in [1.165, 1.54) is 18.5 Å². The summed E-state index contributed by atoms with van der Waals surface area (Å²) in [4.78, 5) is 15.9. The lowest BCUT2D eigenvalue weighted by atomic mass is 9.96. The summed E-state index contributed by atoms with van der Waals surface area (Å²) in [5, 5.41) is 0. The van der Waals surface area contributed by atoms with Crippen LogP contribution in [0.2, 0.25) is 0 Å². The predicted octanol–water partition coefficient (Wildman–Crippen LogP) is 3.78.